The molecule has 2 unspecified atom stereocenters. The number of hydrogen-bond acceptors (Lipinski definition) is 7. The molecule has 0 aromatic rings. The highest BCUT2D eigenvalue weighted by Crippen LogP contribution is 2.19. The van der Waals surface area contributed by atoms with Crippen molar-refractivity contribution in [3.05, 3.63) is 0 Å². The highest BCUT2D eigenvalue weighted by atomic mass is 16.8. The van der Waals surface area contributed by atoms with Crippen molar-refractivity contribution in [2.45, 2.75) is 233 Å². The lowest BCUT2D eigenvalue weighted by Crippen LogP contribution is -2.25. The second-order valence-corrected chi connectivity index (χ2v) is 14.0. The molecule has 0 heterocycles. The van der Waals surface area contributed by atoms with Gasteiger partial charge in [0.1, 0.15) is 0 Å². The molecule has 0 aliphatic rings. The summed E-state index contributed by atoms with van der Waals surface area (Å²) in [6, 6.07) is 0. The topological polar surface area (TPSA) is 64.6 Å². The number of unbranched alkanes of at least 4 members (excludes halogenated alkanes) is 18. The second-order valence-electron chi connectivity index (χ2n) is 14.0. The van der Waals surface area contributed by atoms with Crippen LogP contribution in [0.4, 0.5) is 0 Å². The standard InChI is InChI=1S/C42H86O7/c1-7-35-45-41(46-36-8-2)33-29-25-21-17-13-11-15-19-23-27-31-39(43-5)49-40(44-6)32-28-24-20-16-12-14-18-22-26-30-34-42(47-37-9-3)48-38-10-4/h39-42H,7-38H2,1-6H3. The molecule has 7 nitrogen and oxygen atoms in total. The van der Waals surface area contributed by atoms with Crippen LogP contribution in [0.25, 0.3) is 0 Å². The number of rotatable bonds is 42. The Hall–Kier alpha value is -0.280. The van der Waals surface area contributed by atoms with E-state index < -0.39 is 0 Å². The van der Waals surface area contributed by atoms with E-state index in [1.807, 2.05) is 0 Å². The summed E-state index contributed by atoms with van der Waals surface area (Å²) in [6.07, 6.45) is 33.7. The van der Waals surface area contributed by atoms with Crippen LogP contribution in [0.3, 0.4) is 0 Å². The summed E-state index contributed by atoms with van der Waals surface area (Å²) >= 11 is 0. The third-order valence-electron chi connectivity index (χ3n) is 9.12. The first-order valence-corrected chi connectivity index (χ1v) is 21.3. The maximum atomic E-state index is 6.16. The van der Waals surface area contributed by atoms with E-state index in [2.05, 4.69) is 27.7 Å². The molecule has 49 heavy (non-hydrogen) atoms. The van der Waals surface area contributed by atoms with Crippen LogP contribution in [0.2, 0.25) is 0 Å². The minimum Gasteiger partial charge on any atom is -0.356 e. The first-order valence-electron chi connectivity index (χ1n) is 21.3. The molecule has 0 spiro atoms. The molecule has 0 aliphatic carbocycles. The third kappa shape index (κ3) is 34.6. The molecule has 296 valence electrons. The molecule has 0 aromatic heterocycles. The molecule has 0 aliphatic heterocycles. The predicted molar refractivity (Wildman–Crippen MR) is 206 cm³/mol. The van der Waals surface area contributed by atoms with Crippen LogP contribution >= 0.6 is 0 Å². The Morgan fingerprint density at radius 3 is 0.694 bits per heavy atom. The smallest absolute Gasteiger partial charge is 0.160 e. The summed E-state index contributed by atoms with van der Waals surface area (Å²) in [5.41, 5.74) is 0. The zero-order valence-electron chi connectivity index (χ0n) is 33.8. The van der Waals surface area contributed by atoms with E-state index in [0.717, 1.165) is 90.6 Å². The monoisotopic (exact) mass is 703 g/mol. The maximum Gasteiger partial charge on any atom is 0.160 e. The Bertz CT molecular complexity index is 542. The van der Waals surface area contributed by atoms with Crippen molar-refractivity contribution in [3.63, 3.8) is 0 Å². The quantitative estimate of drug-likeness (QED) is 0.0463. The van der Waals surface area contributed by atoms with Crippen molar-refractivity contribution in [2.24, 2.45) is 0 Å². The van der Waals surface area contributed by atoms with Crippen LogP contribution in [-0.2, 0) is 33.2 Å². The van der Waals surface area contributed by atoms with Crippen LogP contribution in [-0.4, -0.2) is 65.8 Å². The first-order chi connectivity index (χ1) is 24.1. The number of hydrogen-bond donors (Lipinski definition) is 0. The van der Waals surface area contributed by atoms with Gasteiger partial charge in [-0.2, -0.15) is 0 Å². The molecule has 0 bridgehead atoms. The fraction of sp³-hybridized carbons (Fsp3) is 1.00. The average Bonchev–Trinajstić information content (AvgIpc) is 3.12. The van der Waals surface area contributed by atoms with Crippen LogP contribution in [0, 0.1) is 0 Å². The third-order valence-corrected chi connectivity index (χ3v) is 9.12. The van der Waals surface area contributed by atoms with Crippen LogP contribution < -0.4 is 0 Å². The number of ether oxygens (including phenoxy) is 7. The Morgan fingerprint density at radius 1 is 0.286 bits per heavy atom. The Balaban J connectivity index is 3.69. The van der Waals surface area contributed by atoms with Gasteiger partial charge in [0.05, 0.1) is 0 Å². The molecule has 7 heteroatoms. The second kappa shape index (κ2) is 40.5. The molecule has 0 amide bonds. The first kappa shape index (κ1) is 48.7. The van der Waals surface area contributed by atoms with Gasteiger partial charge in [-0.15, -0.1) is 0 Å². The molecule has 0 saturated heterocycles. The summed E-state index contributed by atoms with van der Waals surface area (Å²) in [5, 5.41) is 0. The van der Waals surface area contributed by atoms with Crippen LogP contribution in [0.5, 0.6) is 0 Å². The summed E-state index contributed by atoms with van der Waals surface area (Å²) in [5.74, 6) is 0. The lowest BCUT2D eigenvalue weighted by atomic mass is 10.0. The van der Waals surface area contributed by atoms with Gasteiger partial charge in [-0.05, 0) is 77.0 Å². The molecular formula is C42H86O7. The van der Waals surface area contributed by atoms with Crippen molar-refractivity contribution in [1.29, 1.82) is 0 Å². The molecule has 0 aromatic carbocycles. The molecule has 0 rings (SSSR count). The van der Waals surface area contributed by atoms with Crippen molar-refractivity contribution >= 4 is 0 Å². The summed E-state index contributed by atoms with van der Waals surface area (Å²) in [4.78, 5) is 0. The Kier molecular flexibility index (Phi) is 40.3. The van der Waals surface area contributed by atoms with E-state index in [-0.39, 0.29) is 25.2 Å². The molecule has 0 fully saturated rings. The zero-order valence-corrected chi connectivity index (χ0v) is 33.8. The largest absolute Gasteiger partial charge is 0.356 e. The highest BCUT2D eigenvalue weighted by molar-refractivity contribution is 4.56. The molecule has 0 saturated carbocycles. The Labute approximate surface area is 305 Å². The fourth-order valence-corrected chi connectivity index (χ4v) is 6.15. The minimum atomic E-state index is -0.164. The zero-order chi connectivity index (χ0) is 35.9. The van der Waals surface area contributed by atoms with Gasteiger partial charge in [-0.1, -0.05) is 130 Å². The normalized spacial score (nSPS) is 13.2. The van der Waals surface area contributed by atoms with Crippen molar-refractivity contribution in [3.8, 4) is 0 Å². The van der Waals surface area contributed by atoms with Gasteiger partial charge in [0.15, 0.2) is 25.2 Å². The maximum absolute atomic E-state index is 6.16. The summed E-state index contributed by atoms with van der Waals surface area (Å²) in [6.45, 7) is 11.8. The van der Waals surface area contributed by atoms with Crippen molar-refractivity contribution in [1.82, 2.24) is 0 Å². The van der Waals surface area contributed by atoms with Crippen LogP contribution in [0.15, 0.2) is 0 Å². The van der Waals surface area contributed by atoms with E-state index in [0.29, 0.717) is 0 Å². The highest BCUT2D eigenvalue weighted by Gasteiger charge is 2.15. The molecule has 0 N–H and O–H groups in total. The fourth-order valence-electron chi connectivity index (χ4n) is 6.15. The predicted octanol–water partition coefficient (Wildman–Crippen LogP) is 12.7. The van der Waals surface area contributed by atoms with Gasteiger partial charge in [-0.3, -0.25) is 0 Å². The minimum absolute atomic E-state index is 0.00127. The van der Waals surface area contributed by atoms with Gasteiger partial charge in [0.2, 0.25) is 0 Å². The van der Waals surface area contributed by atoms with E-state index in [9.17, 15) is 0 Å². The van der Waals surface area contributed by atoms with Gasteiger partial charge in [-0.25, -0.2) is 0 Å². The van der Waals surface area contributed by atoms with E-state index in [4.69, 9.17) is 33.2 Å². The lowest BCUT2D eigenvalue weighted by Gasteiger charge is -2.23. The summed E-state index contributed by atoms with van der Waals surface area (Å²) in [7, 11) is 3.52. The Morgan fingerprint density at radius 2 is 0.490 bits per heavy atom. The van der Waals surface area contributed by atoms with Gasteiger partial charge >= 0.3 is 0 Å². The SMILES string of the molecule is CCCOC(CCCCCCCCCCCCC(OC)OC(CCCCCCCCCCCCC(OCCC)OCCC)OC)OCCC. The van der Waals surface area contributed by atoms with Gasteiger partial charge in [0.25, 0.3) is 0 Å². The van der Waals surface area contributed by atoms with Crippen molar-refractivity contribution < 1.29 is 33.2 Å². The number of methoxy groups -OCH3 is 2. The lowest BCUT2D eigenvalue weighted by molar-refractivity contribution is -0.233. The van der Waals surface area contributed by atoms with Crippen molar-refractivity contribution in [2.75, 3.05) is 40.6 Å². The van der Waals surface area contributed by atoms with Gasteiger partial charge < -0.3 is 33.2 Å². The van der Waals surface area contributed by atoms with E-state index in [1.54, 1.807) is 14.2 Å². The van der Waals surface area contributed by atoms with E-state index in [1.165, 1.54) is 116 Å². The average molecular weight is 703 g/mol. The molecule has 0 radical (unpaired) electrons. The summed E-state index contributed by atoms with van der Waals surface area (Å²) < 4.78 is 40.8. The van der Waals surface area contributed by atoms with Gasteiger partial charge in [0, 0.05) is 40.6 Å². The van der Waals surface area contributed by atoms with E-state index >= 15 is 0 Å². The molecule has 2 atom stereocenters. The molecular weight excluding hydrogens is 616 g/mol. The van der Waals surface area contributed by atoms with Crippen LogP contribution in [0.1, 0.15) is 207 Å².